The van der Waals surface area contributed by atoms with Gasteiger partial charge in [-0.05, 0) is 32.7 Å². The van der Waals surface area contributed by atoms with E-state index in [0.717, 1.165) is 68.5 Å². The Morgan fingerprint density at radius 2 is 2.15 bits per heavy atom. The van der Waals surface area contributed by atoms with Crippen molar-refractivity contribution in [2.45, 2.75) is 38.6 Å². The van der Waals surface area contributed by atoms with Gasteiger partial charge in [0.15, 0.2) is 5.96 Å². The summed E-state index contributed by atoms with van der Waals surface area (Å²) in [5, 5.41) is 9.89. The summed E-state index contributed by atoms with van der Waals surface area (Å²) in [6.45, 7) is 5.64. The Labute approximate surface area is 184 Å². The van der Waals surface area contributed by atoms with Crippen LogP contribution in [-0.4, -0.2) is 80.0 Å². The maximum absolute atomic E-state index is 12.2. The molecule has 1 aromatic heterocycles. The Morgan fingerprint density at radius 3 is 2.78 bits per heavy atom. The number of carbonyl (C=O) groups excluding carboxylic acids is 1. The van der Waals surface area contributed by atoms with Crippen molar-refractivity contribution in [1.82, 2.24) is 25.4 Å². The molecule has 2 N–H and O–H groups in total. The van der Waals surface area contributed by atoms with E-state index in [4.69, 9.17) is 0 Å². The molecular weight excluding hydrogens is 475 g/mol. The lowest BCUT2D eigenvalue weighted by molar-refractivity contribution is -0.133. The molecule has 2 heterocycles. The number of guanidine groups is 1. The Bertz CT molecular complexity index is 606. The Balaban J connectivity index is 0.00000364. The molecule has 154 valence electrons. The standard InChI is InChI=1S/C18H32N6OS.HI/c1-14-22-15(13-26-14)8-10-21-18(19-2)20-9-6-12-24-11-5-7-16(24)17(25)23(3)4;/h13,16H,5-12H2,1-4H3,(H2,19,20,21);1H. The predicted molar refractivity (Wildman–Crippen MR) is 123 cm³/mol. The number of hydrogen-bond acceptors (Lipinski definition) is 5. The largest absolute Gasteiger partial charge is 0.356 e. The molecule has 27 heavy (non-hydrogen) atoms. The van der Waals surface area contributed by atoms with Crippen LogP contribution in [0, 0.1) is 6.92 Å². The van der Waals surface area contributed by atoms with Crippen molar-refractivity contribution >= 4 is 47.2 Å². The molecule has 1 unspecified atom stereocenters. The van der Waals surface area contributed by atoms with E-state index in [1.807, 2.05) is 21.0 Å². The van der Waals surface area contributed by atoms with Gasteiger partial charge in [-0.15, -0.1) is 35.3 Å². The number of likely N-dealkylation sites (tertiary alicyclic amines) is 1. The molecule has 0 aromatic carbocycles. The van der Waals surface area contributed by atoms with E-state index in [9.17, 15) is 4.79 Å². The lowest BCUT2D eigenvalue weighted by Gasteiger charge is -2.26. The summed E-state index contributed by atoms with van der Waals surface area (Å²) in [7, 11) is 5.46. The molecule has 2 rings (SSSR count). The number of aryl methyl sites for hydroxylation is 1. The van der Waals surface area contributed by atoms with Crippen molar-refractivity contribution < 1.29 is 4.79 Å². The number of likely N-dealkylation sites (N-methyl/N-ethyl adjacent to an activating group) is 1. The van der Waals surface area contributed by atoms with Crippen LogP contribution in [0.3, 0.4) is 0 Å². The zero-order chi connectivity index (χ0) is 18.9. The molecule has 0 radical (unpaired) electrons. The van der Waals surface area contributed by atoms with Crippen LogP contribution < -0.4 is 10.6 Å². The highest BCUT2D eigenvalue weighted by molar-refractivity contribution is 14.0. The average Bonchev–Trinajstić information content (AvgIpc) is 3.25. The van der Waals surface area contributed by atoms with Crippen molar-refractivity contribution in [2.24, 2.45) is 4.99 Å². The summed E-state index contributed by atoms with van der Waals surface area (Å²) in [6, 6.07) is 0.0593. The molecule has 9 heteroatoms. The van der Waals surface area contributed by atoms with Crippen molar-refractivity contribution in [3.05, 3.63) is 16.1 Å². The molecule has 1 aromatic rings. The monoisotopic (exact) mass is 508 g/mol. The van der Waals surface area contributed by atoms with Gasteiger partial charge in [0, 0.05) is 52.6 Å². The first-order valence-electron chi connectivity index (χ1n) is 9.32. The SMILES string of the molecule is CN=C(NCCCN1CCCC1C(=O)N(C)C)NCCc1csc(C)n1.I. The molecule has 0 aliphatic carbocycles. The third-order valence-electron chi connectivity index (χ3n) is 4.57. The van der Waals surface area contributed by atoms with Crippen molar-refractivity contribution in [2.75, 3.05) is 47.3 Å². The third kappa shape index (κ3) is 7.90. The van der Waals surface area contributed by atoms with Gasteiger partial charge in [-0.1, -0.05) is 0 Å². The smallest absolute Gasteiger partial charge is 0.239 e. The molecule has 7 nitrogen and oxygen atoms in total. The van der Waals surface area contributed by atoms with Crippen molar-refractivity contribution in [1.29, 1.82) is 0 Å². The number of thiazole rings is 1. The first-order valence-corrected chi connectivity index (χ1v) is 10.2. The molecule has 0 spiro atoms. The molecule has 1 fully saturated rings. The Morgan fingerprint density at radius 1 is 1.41 bits per heavy atom. The highest BCUT2D eigenvalue weighted by Crippen LogP contribution is 2.18. The summed E-state index contributed by atoms with van der Waals surface area (Å²) >= 11 is 1.69. The van der Waals surface area contributed by atoms with Gasteiger partial charge in [0.25, 0.3) is 0 Å². The number of halogens is 1. The lowest BCUT2D eigenvalue weighted by Crippen LogP contribution is -2.44. The number of amides is 1. The van der Waals surface area contributed by atoms with Crippen LogP contribution in [0.5, 0.6) is 0 Å². The number of rotatable bonds is 8. The zero-order valence-electron chi connectivity index (χ0n) is 16.8. The van der Waals surface area contributed by atoms with E-state index in [1.165, 1.54) is 0 Å². The fraction of sp³-hybridized carbons (Fsp3) is 0.722. The minimum absolute atomic E-state index is 0. The summed E-state index contributed by atoms with van der Waals surface area (Å²) in [5.41, 5.74) is 1.13. The van der Waals surface area contributed by atoms with Gasteiger partial charge >= 0.3 is 0 Å². The quantitative estimate of drug-likeness (QED) is 0.242. The normalized spacial score (nSPS) is 17.5. The van der Waals surface area contributed by atoms with E-state index in [2.05, 4.69) is 30.9 Å². The molecule has 1 atom stereocenters. The van der Waals surface area contributed by atoms with Gasteiger partial charge in [-0.2, -0.15) is 0 Å². The number of aliphatic imine (C=N–C) groups is 1. The molecule has 0 bridgehead atoms. The predicted octanol–water partition coefficient (Wildman–Crippen LogP) is 1.72. The number of nitrogens with zero attached hydrogens (tertiary/aromatic N) is 4. The van der Waals surface area contributed by atoms with E-state index >= 15 is 0 Å². The lowest BCUT2D eigenvalue weighted by atomic mass is 10.2. The highest BCUT2D eigenvalue weighted by Gasteiger charge is 2.30. The summed E-state index contributed by atoms with van der Waals surface area (Å²) < 4.78 is 0. The number of carbonyl (C=O) groups is 1. The molecule has 1 aliphatic heterocycles. The minimum Gasteiger partial charge on any atom is -0.356 e. The number of hydrogen-bond donors (Lipinski definition) is 2. The fourth-order valence-electron chi connectivity index (χ4n) is 3.21. The molecular formula is C18H33IN6OS. The van der Waals surface area contributed by atoms with Crippen LogP contribution in [0.15, 0.2) is 10.4 Å². The highest BCUT2D eigenvalue weighted by atomic mass is 127. The van der Waals surface area contributed by atoms with E-state index in [1.54, 1.807) is 23.3 Å². The zero-order valence-corrected chi connectivity index (χ0v) is 20.0. The topological polar surface area (TPSA) is 72.9 Å². The maximum atomic E-state index is 12.2. The molecule has 1 saturated heterocycles. The van der Waals surface area contributed by atoms with Gasteiger partial charge in [-0.3, -0.25) is 14.7 Å². The van der Waals surface area contributed by atoms with E-state index in [0.29, 0.717) is 0 Å². The van der Waals surface area contributed by atoms with Crippen LogP contribution in [0.1, 0.15) is 30.0 Å². The van der Waals surface area contributed by atoms with E-state index in [-0.39, 0.29) is 35.9 Å². The number of nitrogens with one attached hydrogen (secondary N) is 2. The molecule has 1 aliphatic rings. The summed E-state index contributed by atoms with van der Waals surface area (Å²) in [6.07, 6.45) is 3.97. The van der Waals surface area contributed by atoms with Crippen LogP contribution in [-0.2, 0) is 11.2 Å². The molecule has 0 saturated carbocycles. The van der Waals surface area contributed by atoms with Gasteiger partial charge in [0.05, 0.1) is 16.7 Å². The van der Waals surface area contributed by atoms with Crippen molar-refractivity contribution in [3.63, 3.8) is 0 Å². The van der Waals surface area contributed by atoms with E-state index < -0.39 is 0 Å². The van der Waals surface area contributed by atoms with Crippen molar-refractivity contribution in [3.8, 4) is 0 Å². The molecule has 1 amide bonds. The van der Waals surface area contributed by atoms with Crippen LogP contribution >= 0.6 is 35.3 Å². The van der Waals surface area contributed by atoms with Gasteiger partial charge in [0.1, 0.15) is 0 Å². The fourth-order valence-corrected chi connectivity index (χ4v) is 3.86. The second-order valence-corrected chi connectivity index (χ2v) is 7.88. The minimum atomic E-state index is 0. The second-order valence-electron chi connectivity index (χ2n) is 6.81. The van der Waals surface area contributed by atoms with Crippen LogP contribution in [0.4, 0.5) is 0 Å². The maximum Gasteiger partial charge on any atom is 0.239 e. The second kappa shape index (κ2) is 12.5. The van der Waals surface area contributed by atoms with Gasteiger partial charge in [0.2, 0.25) is 5.91 Å². The van der Waals surface area contributed by atoms with Gasteiger partial charge in [-0.25, -0.2) is 4.98 Å². The van der Waals surface area contributed by atoms with Crippen LogP contribution in [0.25, 0.3) is 0 Å². The average molecular weight is 508 g/mol. The Kier molecular flexibility index (Phi) is 11.2. The third-order valence-corrected chi connectivity index (χ3v) is 5.39. The van der Waals surface area contributed by atoms with Crippen LogP contribution in [0.2, 0.25) is 0 Å². The first kappa shape index (κ1) is 24.1. The van der Waals surface area contributed by atoms with Gasteiger partial charge < -0.3 is 15.5 Å². The summed E-state index contributed by atoms with van der Waals surface area (Å²) in [4.78, 5) is 25.0. The summed E-state index contributed by atoms with van der Waals surface area (Å²) in [5.74, 6) is 1.05. The number of aromatic nitrogens is 1. The first-order chi connectivity index (χ1) is 12.5. The Hall–Kier alpha value is -0.940.